The Morgan fingerprint density at radius 3 is 2.92 bits per heavy atom. The Morgan fingerprint density at radius 1 is 1.16 bits per heavy atom. The smallest absolute Gasteiger partial charge is 0.348 e. The van der Waals surface area contributed by atoms with E-state index >= 15 is 0 Å². The van der Waals surface area contributed by atoms with E-state index < -0.39 is 5.63 Å². The fourth-order valence-corrected chi connectivity index (χ4v) is 2.64. The summed E-state index contributed by atoms with van der Waals surface area (Å²) in [4.78, 5) is 16.2. The SMILES string of the molecule is O=c1oc2ccccc2c(O)c1C=NCCc1nnc2ccccn12. The van der Waals surface area contributed by atoms with Crippen molar-refractivity contribution in [3.8, 4) is 5.75 Å². The summed E-state index contributed by atoms with van der Waals surface area (Å²) in [7, 11) is 0. The van der Waals surface area contributed by atoms with Crippen molar-refractivity contribution in [1.82, 2.24) is 14.6 Å². The fraction of sp³-hybridized carbons (Fsp3) is 0.111. The molecule has 0 atom stereocenters. The van der Waals surface area contributed by atoms with Crippen LogP contribution in [0.15, 0.2) is 62.9 Å². The number of hydrogen-bond acceptors (Lipinski definition) is 6. The number of aromatic hydroxyl groups is 1. The summed E-state index contributed by atoms with van der Waals surface area (Å²) in [6.07, 6.45) is 3.79. The lowest BCUT2D eigenvalue weighted by atomic mass is 10.1. The van der Waals surface area contributed by atoms with Crippen LogP contribution in [0.3, 0.4) is 0 Å². The molecule has 4 aromatic rings. The molecule has 124 valence electrons. The second-order valence-electron chi connectivity index (χ2n) is 5.48. The van der Waals surface area contributed by atoms with Gasteiger partial charge >= 0.3 is 5.63 Å². The van der Waals surface area contributed by atoms with Gasteiger partial charge in [-0.15, -0.1) is 10.2 Å². The minimum Gasteiger partial charge on any atom is -0.506 e. The molecule has 0 aliphatic heterocycles. The standard InChI is InChI=1S/C18H14N4O3/c23-17-12-5-1-2-6-14(12)25-18(24)13(17)11-19-9-8-16-21-20-15-7-3-4-10-22(15)16/h1-7,10-11,23H,8-9H2. The van der Waals surface area contributed by atoms with Gasteiger partial charge in [-0.2, -0.15) is 0 Å². The molecular formula is C18H14N4O3. The lowest BCUT2D eigenvalue weighted by molar-refractivity contribution is 0.466. The highest BCUT2D eigenvalue weighted by Crippen LogP contribution is 2.24. The minimum atomic E-state index is -0.618. The summed E-state index contributed by atoms with van der Waals surface area (Å²) in [5.74, 6) is 0.658. The Hall–Kier alpha value is -3.48. The van der Waals surface area contributed by atoms with Crippen molar-refractivity contribution in [1.29, 1.82) is 0 Å². The van der Waals surface area contributed by atoms with Crippen molar-refractivity contribution in [2.75, 3.05) is 6.54 Å². The first kappa shape index (κ1) is 15.1. The number of rotatable bonds is 4. The number of nitrogens with zero attached hydrogens (tertiary/aromatic N) is 4. The molecule has 0 amide bonds. The second-order valence-corrected chi connectivity index (χ2v) is 5.48. The van der Waals surface area contributed by atoms with Crippen LogP contribution in [-0.4, -0.2) is 32.5 Å². The Bertz CT molecular complexity index is 1140. The number of hydrogen-bond donors (Lipinski definition) is 1. The van der Waals surface area contributed by atoms with Gasteiger partial charge in [0.25, 0.3) is 0 Å². The first-order chi connectivity index (χ1) is 12.2. The maximum Gasteiger partial charge on any atom is 0.348 e. The minimum absolute atomic E-state index is 0.0461. The average Bonchev–Trinajstić information content (AvgIpc) is 3.04. The first-order valence-electron chi connectivity index (χ1n) is 7.77. The second kappa shape index (κ2) is 6.20. The molecule has 1 aromatic carbocycles. The molecule has 0 bridgehead atoms. The van der Waals surface area contributed by atoms with Gasteiger partial charge < -0.3 is 9.52 Å². The summed E-state index contributed by atoms with van der Waals surface area (Å²) in [5, 5.41) is 19.0. The van der Waals surface area contributed by atoms with Crippen molar-refractivity contribution >= 4 is 22.8 Å². The van der Waals surface area contributed by atoms with Crippen molar-refractivity contribution in [3.63, 3.8) is 0 Å². The van der Waals surface area contributed by atoms with Crippen LogP contribution in [0.25, 0.3) is 16.6 Å². The van der Waals surface area contributed by atoms with Gasteiger partial charge in [0.05, 0.1) is 5.39 Å². The molecule has 4 rings (SSSR count). The fourth-order valence-electron chi connectivity index (χ4n) is 2.64. The third-order valence-electron chi connectivity index (χ3n) is 3.89. The van der Waals surface area contributed by atoms with Crippen molar-refractivity contribution in [2.45, 2.75) is 6.42 Å². The van der Waals surface area contributed by atoms with Crippen molar-refractivity contribution in [2.24, 2.45) is 4.99 Å². The number of aromatic nitrogens is 3. The predicted octanol–water partition coefficient (Wildman–Crippen LogP) is 2.20. The largest absolute Gasteiger partial charge is 0.506 e. The third kappa shape index (κ3) is 2.76. The molecule has 7 heteroatoms. The van der Waals surface area contributed by atoms with Crippen LogP contribution in [0, 0.1) is 0 Å². The van der Waals surface area contributed by atoms with E-state index in [9.17, 15) is 9.90 Å². The van der Waals surface area contributed by atoms with Gasteiger partial charge in [0.1, 0.15) is 22.7 Å². The van der Waals surface area contributed by atoms with Crippen LogP contribution in [-0.2, 0) is 6.42 Å². The number of pyridine rings is 1. The van der Waals surface area contributed by atoms with Crippen LogP contribution in [0.4, 0.5) is 0 Å². The quantitative estimate of drug-likeness (QED) is 0.456. The van der Waals surface area contributed by atoms with E-state index in [2.05, 4.69) is 15.2 Å². The molecular weight excluding hydrogens is 320 g/mol. The van der Waals surface area contributed by atoms with Crippen LogP contribution in [0.1, 0.15) is 11.4 Å². The summed E-state index contributed by atoms with van der Waals surface area (Å²) in [6.45, 7) is 0.404. The topological polar surface area (TPSA) is 93.0 Å². The molecule has 0 aliphatic carbocycles. The highest BCUT2D eigenvalue weighted by atomic mass is 16.4. The molecule has 1 N–H and O–H groups in total. The zero-order chi connectivity index (χ0) is 17.2. The molecule has 0 aliphatic rings. The molecule has 0 saturated heterocycles. The lowest BCUT2D eigenvalue weighted by Crippen LogP contribution is -2.07. The summed E-state index contributed by atoms with van der Waals surface area (Å²) in [5.41, 5.74) is 0.545. The van der Waals surface area contributed by atoms with Crippen molar-refractivity contribution < 1.29 is 9.52 Å². The van der Waals surface area contributed by atoms with Gasteiger partial charge in [-0.25, -0.2) is 4.79 Å². The number of benzene rings is 1. The molecule has 25 heavy (non-hydrogen) atoms. The molecule has 0 unspecified atom stereocenters. The lowest BCUT2D eigenvalue weighted by Gasteiger charge is -2.02. The highest BCUT2D eigenvalue weighted by molar-refractivity contribution is 5.93. The molecule has 3 heterocycles. The van der Waals surface area contributed by atoms with Crippen LogP contribution < -0.4 is 5.63 Å². The van der Waals surface area contributed by atoms with Gasteiger partial charge in [-0.1, -0.05) is 18.2 Å². The number of fused-ring (bicyclic) bond motifs is 2. The normalized spacial score (nSPS) is 11.7. The Balaban J connectivity index is 1.56. The van der Waals surface area contributed by atoms with Crippen LogP contribution in [0.2, 0.25) is 0 Å². The van der Waals surface area contributed by atoms with E-state index in [1.165, 1.54) is 6.21 Å². The van der Waals surface area contributed by atoms with Crippen LogP contribution >= 0.6 is 0 Å². The van der Waals surface area contributed by atoms with Crippen molar-refractivity contribution in [3.05, 3.63) is 70.5 Å². The van der Waals surface area contributed by atoms with Gasteiger partial charge in [0.2, 0.25) is 0 Å². The average molecular weight is 334 g/mol. The Morgan fingerprint density at radius 2 is 2.00 bits per heavy atom. The molecule has 0 spiro atoms. The van der Waals surface area contributed by atoms with E-state index in [-0.39, 0.29) is 11.3 Å². The van der Waals surface area contributed by atoms with Gasteiger partial charge in [-0.3, -0.25) is 9.39 Å². The Labute approximate surface area is 141 Å². The van der Waals surface area contributed by atoms with Gasteiger partial charge in [-0.05, 0) is 24.3 Å². The van der Waals surface area contributed by atoms with Gasteiger partial charge in [0.15, 0.2) is 5.65 Å². The predicted molar refractivity (Wildman–Crippen MR) is 93.3 cm³/mol. The molecule has 0 saturated carbocycles. The van der Waals surface area contributed by atoms with Gasteiger partial charge in [0, 0.05) is 25.4 Å². The zero-order valence-corrected chi connectivity index (χ0v) is 13.2. The van der Waals surface area contributed by atoms with Crippen LogP contribution in [0.5, 0.6) is 5.75 Å². The number of para-hydroxylation sites is 1. The molecule has 0 radical (unpaired) electrons. The highest BCUT2D eigenvalue weighted by Gasteiger charge is 2.11. The van der Waals surface area contributed by atoms with E-state index in [1.54, 1.807) is 24.3 Å². The molecule has 3 aromatic heterocycles. The molecule has 7 nitrogen and oxygen atoms in total. The molecule has 0 fully saturated rings. The summed E-state index contributed by atoms with van der Waals surface area (Å²) in [6, 6.07) is 12.5. The summed E-state index contributed by atoms with van der Waals surface area (Å²) < 4.78 is 7.09. The van der Waals surface area contributed by atoms with E-state index in [1.807, 2.05) is 28.8 Å². The van der Waals surface area contributed by atoms with E-state index in [0.717, 1.165) is 11.5 Å². The maximum absolute atomic E-state index is 12.0. The monoisotopic (exact) mass is 334 g/mol. The number of aliphatic imine (C=N–C) groups is 1. The van der Waals surface area contributed by atoms with E-state index in [4.69, 9.17) is 4.42 Å². The third-order valence-corrected chi connectivity index (χ3v) is 3.89. The summed E-state index contributed by atoms with van der Waals surface area (Å²) >= 11 is 0. The Kier molecular flexibility index (Phi) is 3.74. The first-order valence-corrected chi connectivity index (χ1v) is 7.77. The van der Waals surface area contributed by atoms with E-state index in [0.29, 0.717) is 23.9 Å². The zero-order valence-electron chi connectivity index (χ0n) is 13.2. The maximum atomic E-state index is 12.0.